The van der Waals surface area contributed by atoms with E-state index in [1.165, 1.54) is 57.8 Å². The van der Waals surface area contributed by atoms with Crippen molar-refractivity contribution < 1.29 is 10.2 Å². The lowest BCUT2D eigenvalue weighted by molar-refractivity contribution is -0.308. The second-order valence-corrected chi connectivity index (χ2v) is 15.3. The highest BCUT2D eigenvalue weighted by Gasteiger charge is 2.82. The molecular formula is C32H52N2O2. The van der Waals surface area contributed by atoms with Crippen LogP contribution in [0.2, 0.25) is 0 Å². The lowest BCUT2D eigenvalue weighted by Gasteiger charge is -2.75. The summed E-state index contributed by atoms with van der Waals surface area (Å²) in [4.78, 5) is 0. The molecule has 5 saturated carbocycles. The Morgan fingerprint density at radius 2 is 1.92 bits per heavy atom. The van der Waals surface area contributed by atoms with E-state index < -0.39 is 5.60 Å². The van der Waals surface area contributed by atoms with Gasteiger partial charge in [0.15, 0.2) is 0 Å². The summed E-state index contributed by atoms with van der Waals surface area (Å²) in [5.74, 6) is 3.13. The number of aliphatic hydroxyl groups excluding tert-OH is 1. The van der Waals surface area contributed by atoms with Crippen LogP contribution in [-0.2, 0) is 0 Å². The van der Waals surface area contributed by atoms with Crippen LogP contribution in [0.1, 0.15) is 97.3 Å². The average Bonchev–Trinajstić information content (AvgIpc) is 3.21. The predicted octanol–water partition coefficient (Wildman–Crippen LogP) is 5.04. The van der Waals surface area contributed by atoms with Crippen molar-refractivity contribution >= 4 is 0 Å². The maximum Gasteiger partial charge on any atom is 0.0693 e. The minimum absolute atomic E-state index is 0.0489. The second kappa shape index (κ2) is 8.29. The lowest BCUT2D eigenvalue weighted by atomic mass is 9.30. The van der Waals surface area contributed by atoms with Gasteiger partial charge in [0.25, 0.3) is 0 Å². The molecule has 2 spiro atoms. The molecule has 0 aromatic rings. The lowest BCUT2D eigenvalue weighted by Crippen LogP contribution is -2.76. The van der Waals surface area contributed by atoms with Crippen LogP contribution in [0.15, 0.2) is 12.2 Å². The first kappa shape index (κ1) is 24.6. The average molecular weight is 497 g/mol. The van der Waals surface area contributed by atoms with Crippen LogP contribution in [0.3, 0.4) is 0 Å². The Hall–Kier alpha value is -0.420. The van der Waals surface area contributed by atoms with Crippen LogP contribution in [0, 0.1) is 51.8 Å². The fraction of sp³-hybridized carbons (Fsp3) is 0.938. The van der Waals surface area contributed by atoms with E-state index in [9.17, 15) is 10.2 Å². The molecule has 0 radical (unpaired) electrons. The van der Waals surface area contributed by atoms with E-state index >= 15 is 0 Å². The summed E-state index contributed by atoms with van der Waals surface area (Å²) in [6, 6.07) is 1.18. The SMILES string of the molecule is CCCCCC1CC2C3NC(CNC)CCC3CC34C(O)C5C=CC6CC5(C)CC(O)(C6)C3CC24C1. The van der Waals surface area contributed by atoms with Crippen LogP contribution in [0.25, 0.3) is 0 Å². The number of nitrogens with one attached hydrogen (secondary N) is 2. The molecule has 0 aromatic carbocycles. The number of rotatable bonds is 6. The van der Waals surface area contributed by atoms with E-state index in [-0.39, 0.29) is 28.3 Å². The third-order valence-corrected chi connectivity index (χ3v) is 13.6. The number of hydrogen-bond donors (Lipinski definition) is 4. The molecule has 1 aliphatic heterocycles. The molecule has 0 aromatic heterocycles. The van der Waals surface area contributed by atoms with Gasteiger partial charge in [-0.2, -0.15) is 0 Å². The van der Waals surface area contributed by atoms with Gasteiger partial charge in [0, 0.05) is 30.0 Å². The summed E-state index contributed by atoms with van der Waals surface area (Å²) in [5.41, 5.74) is -0.402. The number of allylic oxidation sites excluding steroid dienone is 1. The molecule has 7 aliphatic rings. The summed E-state index contributed by atoms with van der Waals surface area (Å²) >= 11 is 0. The van der Waals surface area contributed by atoms with E-state index in [4.69, 9.17) is 0 Å². The Bertz CT molecular complexity index is 907. The quantitative estimate of drug-likeness (QED) is 0.307. The minimum Gasteiger partial charge on any atom is -0.392 e. The Morgan fingerprint density at radius 3 is 2.72 bits per heavy atom. The van der Waals surface area contributed by atoms with Crippen LogP contribution in [-0.4, -0.2) is 47.6 Å². The summed E-state index contributed by atoms with van der Waals surface area (Å²) in [5, 5.41) is 32.8. The van der Waals surface area contributed by atoms with Gasteiger partial charge in [0.2, 0.25) is 0 Å². The summed E-state index contributed by atoms with van der Waals surface area (Å²) in [6.07, 6.45) is 20.4. The van der Waals surface area contributed by atoms with Crippen molar-refractivity contribution in [2.24, 2.45) is 51.8 Å². The molecule has 0 amide bonds. The van der Waals surface area contributed by atoms with Gasteiger partial charge in [-0.3, -0.25) is 0 Å². The van der Waals surface area contributed by atoms with Crippen LogP contribution < -0.4 is 10.6 Å². The van der Waals surface area contributed by atoms with E-state index in [1.807, 2.05) is 0 Å². The number of hydrogen-bond acceptors (Lipinski definition) is 4. The molecule has 13 atom stereocenters. The van der Waals surface area contributed by atoms with Crippen molar-refractivity contribution in [3.63, 3.8) is 0 Å². The van der Waals surface area contributed by atoms with E-state index in [0.717, 1.165) is 38.1 Å². The van der Waals surface area contributed by atoms with Gasteiger partial charge >= 0.3 is 0 Å². The third-order valence-electron chi connectivity index (χ3n) is 13.6. The van der Waals surface area contributed by atoms with Crippen molar-refractivity contribution in [2.75, 3.05) is 13.6 Å². The van der Waals surface area contributed by atoms with Crippen molar-refractivity contribution in [1.82, 2.24) is 10.6 Å². The minimum atomic E-state index is -0.585. The zero-order valence-corrected chi connectivity index (χ0v) is 23.1. The Morgan fingerprint density at radius 1 is 1.06 bits per heavy atom. The fourth-order valence-electron chi connectivity index (χ4n) is 12.6. The topological polar surface area (TPSA) is 64.5 Å². The smallest absolute Gasteiger partial charge is 0.0693 e. The largest absolute Gasteiger partial charge is 0.392 e. The van der Waals surface area contributed by atoms with Crippen LogP contribution >= 0.6 is 0 Å². The fourth-order valence-corrected chi connectivity index (χ4v) is 12.6. The first-order valence-electron chi connectivity index (χ1n) is 15.8. The van der Waals surface area contributed by atoms with Crippen molar-refractivity contribution in [1.29, 1.82) is 0 Å². The Labute approximate surface area is 219 Å². The first-order chi connectivity index (χ1) is 17.3. The van der Waals surface area contributed by atoms with Gasteiger partial charge in [-0.1, -0.05) is 51.7 Å². The molecule has 4 nitrogen and oxygen atoms in total. The number of likely N-dealkylation sites (N-methyl/N-ethyl adjacent to an activating group) is 1. The van der Waals surface area contributed by atoms with Gasteiger partial charge in [0.05, 0.1) is 11.7 Å². The standard InChI is InChI=1S/C32H52N2O2/c1-4-5-6-7-20-12-25-27-22(9-10-23(34-27)18-33-3)16-32-26(17-30(25,32)14-20)31(36)15-21-8-11-24(28(32)35)29(2,13-21)19-31/h8,11,20-28,33-36H,4-7,9-10,12-19H2,1-3H3. The van der Waals surface area contributed by atoms with Crippen LogP contribution in [0.4, 0.5) is 0 Å². The highest BCUT2D eigenvalue weighted by atomic mass is 16.3. The van der Waals surface area contributed by atoms with Crippen LogP contribution in [0.5, 0.6) is 0 Å². The molecule has 13 unspecified atom stereocenters. The van der Waals surface area contributed by atoms with Gasteiger partial charge < -0.3 is 20.8 Å². The number of fused-ring (bicyclic) bond motifs is 5. The number of unbranched alkanes of at least 4 members (excludes halogenated alkanes) is 2. The molecule has 202 valence electrons. The molecule has 7 rings (SSSR count). The zero-order valence-electron chi connectivity index (χ0n) is 23.1. The Balaban J connectivity index is 1.31. The highest BCUT2D eigenvalue weighted by molar-refractivity contribution is 5.33. The van der Waals surface area contributed by atoms with Crippen molar-refractivity contribution in [3.05, 3.63) is 12.2 Å². The zero-order chi connectivity index (χ0) is 24.9. The molecule has 6 aliphatic carbocycles. The Kier molecular flexibility index (Phi) is 5.67. The normalized spacial score (nSPS) is 58.3. The van der Waals surface area contributed by atoms with E-state index in [1.54, 1.807) is 0 Å². The summed E-state index contributed by atoms with van der Waals surface area (Å²) in [6.45, 7) is 5.79. The highest BCUT2D eigenvalue weighted by Crippen LogP contribution is 2.83. The monoisotopic (exact) mass is 496 g/mol. The van der Waals surface area contributed by atoms with E-state index in [0.29, 0.717) is 35.8 Å². The number of aliphatic hydroxyl groups is 2. The molecule has 1 heterocycles. The van der Waals surface area contributed by atoms with Gasteiger partial charge in [-0.05, 0) is 105 Å². The van der Waals surface area contributed by atoms with Gasteiger partial charge in [-0.15, -0.1) is 0 Å². The van der Waals surface area contributed by atoms with Gasteiger partial charge in [0.1, 0.15) is 0 Å². The first-order valence-corrected chi connectivity index (χ1v) is 15.8. The molecule has 1 saturated heterocycles. The maximum atomic E-state index is 12.7. The molecule has 4 heteroatoms. The molecule has 6 fully saturated rings. The van der Waals surface area contributed by atoms with Crippen molar-refractivity contribution in [2.45, 2.75) is 121 Å². The molecular weight excluding hydrogens is 444 g/mol. The summed E-state index contributed by atoms with van der Waals surface area (Å²) < 4.78 is 0. The molecule has 3 bridgehead atoms. The molecule has 36 heavy (non-hydrogen) atoms. The van der Waals surface area contributed by atoms with E-state index in [2.05, 4.69) is 43.7 Å². The molecule has 4 N–H and O–H groups in total. The number of piperidine rings is 1. The second-order valence-electron chi connectivity index (χ2n) is 15.3. The maximum absolute atomic E-state index is 12.7. The van der Waals surface area contributed by atoms with Gasteiger partial charge in [-0.25, -0.2) is 0 Å². The third kappa shape index (κ3) is 3.08. The van der Waals surface area contributed by atoms with Crippen molar-refractivity contribution in [3.8, 4) is 0 Å². The summed E-state index contributed by atoms with van der Waals surface area (Å²) in [7, 11) is 2.09. The predicted molar refractivity (Wildman–Crippen MR) is 144 cm³/mol.